The van der Waals surface area contributed by atoms with E-state index < -0.39 is 33.7 Å². The van der Waals surface area contributed by atoms with Gasteiger partial charge in [-0.3, -0.25) is 14.6 Å². The molecule has 4 atom stereocenters. The molecule has 4 unspecified atom stereocenters. The summed E-state index contributed by atoms with van der Waals surface area (Å²) in [5.74, 6) is 0.417. The number of carbonyl (C=O) groups excluding carboxylic acids is 3. The lowest BCUT2D eigenvalue weighted by molar-refractivity contribution is -0.151. The molecule has 2 saturated carbocycles. The summed E-state index contributed by atoms with van der Waals surface area (Å²) in [6, 6.07) is 0. The molecule has 2 aliphatic carbocycles. The molecule has 4 fully saturated rings. The number of rotatable bonds is 6. The maximum atomic E-state index is 12.5. The van der Waals surface area contributed by atoms with E-state index in [9.17, 15) is 28.6 Å². The Morgan fingerprint density at radius 3 is 1.94 bits per heavy atom. The Morgan fingerprint density at radius 1 is 0.844 bits per heavy atom. The highest BCUT2D eigenvalue weighted by Crippen LogP contribution is 2.37. The van der Waals surface area contributed by atoms with E-state index in [4.69, 9.17) is 4.74 Å². The lowest BCUT2D eigenvalue weighted by Crippen LogP contribution is -2.44. The quantitative estimate of drug-likeness (QED) is 0.439. The van der Waals surface area contributed by atoms with Crippen LogP contribution < -0.4 is 0 Å². The predicted molar refractivity (Wildman–Crippen MR) is 119 cm³/mol. The summed E-state index contributed by atoms with van der Waals surface area (Å²) < 4.78 is 30.1. The number of esters is 1. The van der Waals surface area contributed by atoms with Crippen LogP contribution >= 0.6 is 0 Å². The van der Waals surface area contributed by atoms with Gasteiger partial charge in [-0.1, -0.05) is 0 Å². The molecule has 180 valence electrons. The molecule has 2 aliphatic heterocycles. The van der Waals surface area contributed by atoms with Crippen molar-refractivity contribution < 1.29 is 33.3 Å². The molecule has 0 radical (unpaired) electrons. The summed E-state index contributed by atoms with van der Waals surface area (Å²) in [5.41, 5.74) is 0. The second-order valence-electron chi connectivity index (χ2n) is 9.45. The van der Waals surface area contributed by atoms with Crippen molar-refractivity contribution in [1.29, 1.82) is 0 Å². The third-order valence-corrected chi connectivity index (χ3v) is 9.57. The second kappa shape index (κ2) is 10.5. The van der Waals surface area contributed by atoms with Gasteiger partial charge in [-0.25, -0.2) is 9.59 Å². The number of amides is 2. The first kappa shape index (κ1) is 24.1. The minimum atomic E-state index is -1.65. The number of aliphatic hydroxyl groups excluding tert-OH is 1. The molecule has 4 rings (SSSR count). The lowest BCUT2D eigenvalue weighted by atomic mass is 9.97. The van der Waals surface area contributed by atoms with Gasteiger partial charge in [0, 0.05) is 60.4 Å². The second-order valence-corrected chi connectivity index (χ2v) is 12.2. The fourth-order valence-corrected chi connectivity index (χ4v) is 6.98. The van der Waals surface area contributed by atoms with Gasteiger partial charge in [-0.2, -0.15) is 0 Å². The van der Waals surface area contributed by atoms with Crippen molar-refractivity contribution >= 4 is 38.8 Å². The van der Waals surface area contributed by atoms with E-state index in [-0.39, 0.29) is 34.9 Å². The van der Waals surface area contributed by atoms with Gasteiger partial charge in [0.15, 0.2) is 0 Å². The van der Waals surface area contributed by atoms with E-state index in [0.29, 0.717) is 70.0 Å². The molecule has 2 heterocycles. The van der Waals surface area contributed by atoms with Gasteiger partial charge < -0.3 is 18.9 Å². The van der Waals surface area contributed by atoms with Gasteiger partial charge in [-0.05, 0) is 44.9 Å². The smallest absolute Gasteiger partial charge is 0.429 e. The Morgan fingerprint density at radius 2 is 1.38 bits per heavy atom. The van der Waals surface area contributed by atoms with Crippen LogP contribution in [0.15, 0.2) is 0 Å². The van der Waals surface area contributed by atoms with Gasteiger partial charge in [0.05, 0.1) is 12.0 Å². The first-order valence-electron chi connectivity index (χ1n) is 11.5. The van der Waals surface area contributed by atoms with Crippen molar-refractivity contribution in [3.63, 3.8) is 0 Å². The molecule has 2 saturated heterocycles. The van der Waals surface area contributed by atoms with Crippen LogP contribution in [0, 0.1) is 17.8 Å². The first-order chi connectivity index (χ1) is 15.3. The van der Waals surface area contributed by atoms with Crippen LogP contribution in [0.5, 0.6) is 0 Å². The average molecular weight is 489 g/mol. The molecule has 32 heavy (non-hydrogen) atoms. The van der Waals surface area contributed by atoms with Crippen LogP contribution in [0.25, 0.3) is 0 Å². The number of aliphatic hydroxyl groups is 1. The van der Waals surface area contributed by atoms with Crippen molar-refractivity contribution in [3.8, 4) is 0 Å². The van der Waals surface area contributed by atoms with Gasteiger partial charge >= 0.3 is 16.4 Å². The minimum absolute atomic E-state index is 0.0642. The number of piperidine rings is 2. The maximum Gasteiger partial charge on any atom is 0.429 e. The monoisotopic (exact) mass is 488 g/mol. The van der Waals surface area contributed by atoms with Crippen molar-refractivity contribution in [2.24, 2.45) is 17.8 Å². The van der Waals surface area contributed by atoms with Crippen molar-refractivity contribution in [2.75, 3.05) is 37.7 Å². The van der Waals surface area contributed by atoms with E-state index in [1.807, 2.05) is 0 Å². The van der Waals surface area contributed by atoms with E-state index in [1.54, 1.807) is 9.80 Å². The van der Waals surface area contributed by atoms with Crippen LogP contribution in [0.2, 0.25) is 0 Å². The number of hydrogen-bond donors (Lipinski definition) is 1. The SMILES string of the molecule is O=C(OC1CC1C[S+]([O-])C(=O)N1CCC(O)CC1)C1CCN(C(=O)[S+]([O-])CC2CC2)CC1. The largest absolute Gasteiger partial charge is 0.608 e. The van der Waals surface area contributed by atoms with Gasteiger partial charge in [0.1, 0.15) is 17.6 Å². The zero-order chi connectivity index (χ0) is 22.8. The highest BCUT2D eigenvalue weighted by atomic mass is 32.2. The van der Waals surface area contributed by atoms with Crippen LogP contribution in [0.4, 0.5) is 9.59 Å². The zero-order valence-corrected chi connectivity index (χ0v) is 19.8. The van der Waals surface area contributed by atoms with Crippen molar-refractivity contribution in [2.45, 2.75) is 57.2 Å². The number of ether oxygens (including phenoxy) is 1. The van der Waals surface area contributed by atoms with E-state index in [2.05, 4.69) is 0 Å². The Labute approximate surface area is 194 Å². The molecular formula is C21H32N2O7S2. The van der Waals surface area contributed by atoms with Crippen LogP contribution in [-0.4, -0.2) is 90.4 Å². The molecule has 11 heteroatoms. The molecule has 0 spiro atoms. The number of likely N-dealkylation sites (tertiary alicyclic amines) is 2. The molecule has 2 amide bonds. The summed E-state index contributed by atoms with van der Waals surface area (Å²) in [4.78, 5) is 40.2. The Bertz CT molecular complexity index is 706. The van der Waals surface area contributed by atoms with E-state index >= 15 is 0 Å². The van der Waals surface area contributed by atoms with E-state index in [0.717, 1.165) is 12.8 Å². The molecule has 0 aromatic heterocycles. The van der Waals surface area contributed by atoms with Gasteiger partial charge in [-0.15, -0.1) is 0 Å². The fourth-order valence-electron chi connectivity index (χ4n) is 4.25. The number of hydrogen-bond acceptors (Lipinski definition) is 7. The van der Waals surface area contributed by atoms with Crippen LogP contribution in [-0.2, 0) is 31.9 Å². The summed E-state index contributed by atoms with van der Waals surface area (Å²) in [5, 5.41) is 8.82. The normalized spacial score (nSPS) is 28.8. The summed E-state index contributed by atoms with van der Waals surface area (Å²) in [6.07, 6.45) is 4.03. The molecule has 1 N–H and O–H groups in total. The highest BCUT2D eigenvalue weighted by molar-refractivity contribution is 8.06. The predicted octanol–water partition coefficient (Wildman–Crippen LogP) is 1.23. The van der Waals surface area contributed by atoms with Crippen LogP contribution in [0.1, 0.15) is 44.9 Å². The summed E-state index contributed by atoms with van der Waals surface area (Å²) in [7, 11) is 0. The average Bonchev–Trinajstić information content (AvgIpc) is 3.72. The Hall–Kier alpha value is -1.01. The topological polar surface area (TPSA) is 133 Å². The highest BCUT2D eigenvalue weighted by Gasteiger charge is 2.47. The van der Waals surface area contributed by atoms with E-state index in [1.165, 1.54) is 0 Å². The standard InChI is InChI=1S/C21H32N2O7S2/c24-17-5-9-23(10-6-17)21(27)32(29)13-16-11-18(16)30-19(25)15-3-7-22(8-4-15)20(26)31(28)12-14-1-2-14/h14-18,24H,1-13H2. The fraction of sp³-hybridized carbons (Fsp3) is 0.857. The zero-order valence-electron chi connectivity index (χ0n) is 18.2. The summed E-state index contributed by atoms with van der Waals surface area (Å²) in [6.45, 7) is 1.66. The minimum Gasteiger partial charge on any atom is -0.608 e. The number of nitrogens with zero attached hydrogens (tertiary/aromatic N) is 2. The third kappa shape index (κ3) is 6.31. The molecule has 0 aromatic carbocycles. The summed E-state index contributed by atoms with van der Waals surface area (Å²) >= 11 is -3.13. The van der Waals surface area contributed by atoms with Crippen molar-refractivity contribution in [3.05, 3.63) is 0 Å². The van der Waals surface area contributed by atoms with Gasteiger partial charge in [0.2, 0.25) is 0 Å². The van der Waals surface area contributed by atoms with Crippen molar-refractivity contribution in [1.82, 2.24) is 9.80 Å². The Kier molecular flexibility index (Phi) is 7.92. The maximum absolute atomic E-state index is 12.5. The first-order valence-corrected chi connectivity index (χ1v) is 14.2. The Balaban J connectivity index is 1.13. The molecular weight excluding hydrogens is 456 g/mol. The molecule has 0 aromatic rings. The number of carbonyl (C=O) groups is 3. The third-order valence-electron chi connectivity index (χ3n) is 6.77. The molecule has 4 aliphatic rings. The van der Waals surface area contributed by atoms with Crippen LogP contribution in [0.3, 0.4) is 0 Å². The molecule has 0 bridgehead atoms. The van der Waals surface area contributed by atoms with Gasteiger partial charge in [0.25, 0.3) is 0 Å². The molecule has 9 nitrogen and oxygen atoms in total. The lowest BCUT2D eigenvalue weighted by Gasteiger charge is -2.30.